The standard InChI is InChI=1S/C20H14ClN3O6S/c21-12-3-7-14(8-4-12)22-16(25)9-15-18(27)24(20(30)31-15)10-17(26)23-13-5-1-11(2-6-13)19(28)29/h1-9H,10H2,(H,22,25)(H,23,26)(H,28,29)/b15-9-. The van der Waals surface area contributed by atoms with E-state index in [0.717, 1.165) is 6.08 Å². The van der Waals surface area contributed by atoms with Crippen molar-refractivity contribution in [2.24, 2.45) is 0 Å². The third kappa shape index (κ3) is 5.71. The predicted octanol–water partition coefficient (Wildman–Crippen LogP) is 3.19. The fourth-order valence-corrected chi connectivity index (χ4v) is 3.44. The van der Waals surface area contributed by atoms with Crippen LogP contribution in [0.2, 0.25) is 5.02 Å². The molecule has 11 heteroatoms. The van der Waals surface area contributed by atoms with Gasteiger partial charge in [-0.2, -0.15) is 0 Å². The highest BCUT2D eigenvalue weighted by molar-refractivity contribution is 8.18. The first-order chi connectivity index (χ1) is 14.7. The Morgan fingerprint density at radius 1 is 0.968 bits per heavy atom. The number of amides is 4. The van der Waals surface area contributed by atoms with E-state index in [1.165, 1.54) is 24.3 Å². The van der Waals surface area contributed by atoms with Crippen molar-refractivity contribution in [1.29, 1.82) is 0 Å². The summed E-state index contributed by atoms with van der Waals surface area (Å²) in [7, 11) is 0. The van der Waals surface area contributed by atoms with Gasteiger partial charge in [-0.05, 0) is 60.3 Å². The third-order valence-electron chi connectivity index (χ3n) is 3.96. The Morgan fingerprint density at radius 2 is 1.55 bits per heavy atom. The van der Waals surface area contributed by atoms with E-state index in [2.05, 4.69) is 10.6 Å². The Morgan fingerprint density at radius 3 is 2.16 bits per heavy atom. The summed E-state index contributed by atoms with van der Waals surface area (Å²) in [4.78, 5) is 60.3. The zero-order valence-electron chi connectivity index (χ0n) is 15.6. The number of aromatic carboxylic acids is 1. The lowest BCUT2D eigenvalue weighted by atomic mass is 10.2. The third-order valence-corrected chi connectivity index (χ3v) is 5.12. The number of thioether (sulfide) groups is 1. The number of rotatable bonds is 6. The molecule has 2 aromatic carbocycles. The zero-order valence-corrected chi connectivity index (χ0v) is 17.2. The smallest absolute Gasteiger partial charge is 0.335 e. The monoisotopic (exact) mass is 459 g/mol. The summed E-state index contributed by atoms with van der Waals surface area (Å²) in [6.45, 7) is -0.554. The molecule has 0 spiro atoms. The summed E-state index contributed by atoms with van der Waals surface area (Å²) in [5, 5.41) is 13.7. The number of carboxylic acids is 1. The highest BCUT2D eigenvalue weighted by Gasteiger charge is 2.36. The second-order valence-electron chi connectivity index (χ2n) is 6.19. The molecule has 1 saturated heterocycles. The average molecular weight is 460 g/mol. The van der Waals surface area contributed by atoms with E-state index < -0.39 is 35.5 Å². The molecule has 31 heavy (non-hydrogen) atoms. The minimum Gasteiger partial charge on any atom is -0.478 e. The number of hydrogen-bond acceptors (Lipinski definition) is 6. The molecule has 3 N–H and O–H groups in total. The van der Waals surface area contributed by atoms with Crippen LogP contribution in [0, 0.1) is 0 Å². The Labute approximate surface area is 185 Å². The average Bonchev–Trinajstić information content (AvgIpc) is 2.97. The van der Waals surface area contributed by atoms with Crippen LogP contribution in [-0.2, 0) is 14.4 Å². The number of anilines is 2. The summed E-state index contributed by atoms with van der Waals surface area (Å²) < 4.78 is 0. The molecule has 1 heterocycles. The van der Waals surface area contributed by atoms with Crippen molar-refractivity contribution < 1.29 is 29.1 Å². The van der Waals surface area contributed by atoms with Crippen molar-refractivity contribution in [3.05, 3.63) is 70.1 Å². The Bertz CT molecular complexity index is 1100. The number of nitrogens with zero attached hydrogens (tertiary/aromatic N) is 1. The molecular formula is C20H14ClN3O6S. The van der Waals surface area contributed by atoms with Gasteiger partial charge in [-0.25, -0.2) is 4.79 Å². The largest absolute Gasteiger partial charge is 0.478 e. The summed E-state index contributed by atoms with van der Waals surface area (Å²) >= 11 is 6.32. The van der Waals surface area contributed by atoms with Gasteiger partial charge in [-0.1, -0.05) is 11.6 Å². The zero-order chi connectivity index (χ0) is 22.5. The van der Waals surface area contributed by atoms with Crippen molar-refractivity contribution in [2.75, 3.05) is 17.2 Å². The van der Waals surface area contributed by atoms with Gasteiger partial charge in [0.1, 0.15) is 6.54 Å². The molecule has 1 aliphatic heterocycles. The van der Waals surface area contributed by atoms with E-state index in [9.17, 15) is 24.0 Å². The van der Waals surface area contributed by atoms with E-state index >= 15 is 0 Å². The molecule has 0 atom stereocenters. The second kappa shape index (κ2) is 9.45. The molecular weight excluding hydrogens is 446 g/mol. The summed E-state index contributed by atoms with van der Waals surface area (Å²) in [5.41, 5.74) is 0.809. The molecule has 0 aromatic heterocycles. The number of hydrogen-bond donors (Lipinski definition) is 3. The molecule has 1 aliphatic rings. The van der Waals surface area contributed by atoms with Crippen LogP contribution in [-0.4, -0.2) is 45.5 Å². The summed E-state index contributed by atoms with van der Waals surface area (Å²) in [6, 6.07) is 11.7. The van der Waals surface area contributed by atoms with E-state index in [4.69, 9.17) is 16.7 Å². The molecule has 3 rings (SSSR count). The van der Waals surface area contributed by atoms with Gasteiger partial charge in [0, 0.05) is 22.5 Å². The van der Waals surface area contributed by atoms with Gasteiger partial charge >= 0.3 is 5.97 Å². The molecule has 0 radical (unpaired) electrons. The highest BCUT2D eigenvalue weighted by Crippen LogP contribution is 2.30. The predicted molar refractivity (Wildman–Crippen MR) is 115 cm³/mol. The Balaban J connectivity index is 1.60. The lowest BCUT2D eigenvalue weighted by Crippen LogP contribution is -2.36. The molecule has 158 valence electrons. The Kier molecular flexibility index (Phi) is 6.73. The van der Waals surface area contributed by atoms with Crippen LogP contribution in [0.15, 0.2) is 59.5 Å². The lowest BCUT2D eigenvalue weighted by Gasteiger charge is -2.12. The second-order valence-corrected chi connectivity index (χ2v) is 7.62. The van der Waals surface area contributed by atoms with Gasteiger partial charge in [-0.3, -0.25) is 24.1 Å². The summed E-state index contributed by atoms with van der Waals surface area (Å²) in [5.74, 6) is -3.15. The van der Waals surface area contributed by atoms with E-state index in [0.29, 0.717) is 33.1 Å². The molecule has 0 aliphatic carbocycles. The van der Waals surface area contributed by atoms with E-state index in [1.807, 2.05) is 0 Å². The van der Waals surface area contributed by atoms with Crippen LogP contribution in [0.5, 0.6) is 0 Å². The number of halogens is 1. The van der Waals surface area contributed by atoms with Gasteiger partial charge in [0.15, 0.2) is 0 Å². The minimum absolute atomic E-state index is 0.0472. The number of carbonyl (C=O) groups is 5. The molecule has 2 aromatic rings. The van der Waals surface area contributed by atoms with E-state index in [-0.39, 0.29) is 10.5 Å². The van der Waals surface area contributed by atoms with Gasteiger partial charge in [0.05, 0.1) is 10.5 Å². The topological polar surface area (TPSA) is 133 Å². The highest BCUT2D eigenvalue weighted by atomic mass is 35.5. The van der Waals surface area contributed by atoms with Crippen molar-refractivity contribution in [2.45, 2.75) is 0 Å². The molecule has 0 saturated carbocycles. The van der Waals surface area contributed by atoms with Crippen LogP contribution in [0.3, 0.4) is 0 Å². The molecule has 4 amide bonds. The normalized spacial score (nSPS) is 14.6. The number of benzene rings is 2. The summed E-state index contributed by atoms with van der Waals surface area (Å²) in [6.07, 6.45) is 0.988. The van der Waals surface area contributed by atoms with Crippen LogP contribution in [0.25, 0.3) is 0 Å². The Hall–Kier alpha value is -3.63. The number of imide groups is 1. The van der Waals surface area contributed by atoms with Crippen molar-refractivity contribution in [1.82, 2.24) is 4.90 Å². The first kappa shape index (κ1) is 22.1. The molecule has 0 bridgehead atoms. The fourth-order valence-electron chi connectivity index (χ4n) is 2.51. The molecule has 0 unspecified atom stereocenters. The van der Waals surface area contributed by atoms with E-state index in [1.54, 1.807) is 24.3 Å². The van der Waals surface area contributed by atoms with Crippen LogP contribution >= 0.6 is 23.4 Å². The first-order valence-corrected chi connectivity index (χ1v) is 9.87. The molecule has 1 fully saturated rings. The number of carboxylic acid groups (broad SMARTS) is 1. The first-order valence-electron chi connectivity index (χ1n) is 8.68. The van der Waals surface area contributed by atoms with Crippen molar-refractivity contribution >= 4 is 63.7 Å². The molecule has 9 nitrogen and oxygen atoms in total. The number of nitrogens with one attached hydrogen (secondary N) is 2. The maximum Gasteiger partial charge on any atom is 0.335 e. The van der Waals surface area contributed by atoms with Crippen LogP contribution in [0.4, 0.5) is 16.2 Å². The van der Waals surface area contributed by atoms with Gasteiger partial charge in [0.2, 0.25) is 11.8 Å². The maximum atomic E-state index is 12.4. The van der Waals surface area contributed by atoms with Gasteiger partial charge in [-0.15, -0.1) is 0 Å². The van der Waals surface area contributed by atoms with Crippen molar-refractivity contribution in [3.8, 4) is 0 Å². The lowest BCUT2D eigenvalue weighted by molar-refractivity contribution is -0.127. The fraction of sp³-hybridized carbons (Fsp3) is 0.0500. The van der Waals surface area contributed by atoms with Gasteiger partial charge < -0.3 is 15.7 Å². The van der Waals surface area contributed by atoms with Crippen molar-refractivity contribution in [3.63, 3.8) is 0 Å². The van der Waals surface area contributed by atoms with Crippen LogP contribution in [0.1, 0.15) is 10.4 Å². The maximum absolute atomic E-state index is 12.4. The quantitative estimate of drug-likeness (QED) is 0.565. The SMILES string of the molecule is O=C(/C=C1\SC(=O)N(CC(=O)Nc2ccc(C(=O)O)cc2)C1=O)Nc1ccc(Cl)cc1. The van der Waals surface area contributed by atoms with Crippen LogP contribution < -0.4 is 10.6 Å². The minimum atomic E-state index is -1.11. The number of carbonyl (C=O) groups excluding carboxylic acids is 4. The van der Waals surface area contributed by atoms with Gasteiger partial charge in [0.25, 0.3) is 11.1 Å².